The van der Waals surface area contributed by atoms with Gasteiger partial charge in [0.2, 0.25) is 5.13 Å². The van der Waals surface area contributed by atoms with Crippen molar-refractivity contribution in [3.05, 3.63) is 59.5 Å². The van der Waals surface area contributed by atoms with Crippen molar-refractivity contribution in [2.75, 3.05) is 19.1 Å². The highest BCUT2D eigenvalue weighted by molar-refractivity contribution is 7.14. The Morgan fingerprint density at radius 2 is 2.04 bits per heavy atom. The van der Waals surface area contributed by atoms with E-state index in [1.807, 2.05) is 53.9 Å². The third-order valence-corrected chi connectivity index (χ3v) is 4.47. The Bertz CT molecular complexity index is 906. The normalized spacial score (nSPS) is 11.1. The number of anilines is 1. The number of nitrogens with one attached hydrogen (secondary N) is 1. The summed E-state index contributed by atoms with van der Waals surface area (Å²) in [6.45, 7) is 4.93. The number of hydrogen-bond donors (Lipinski definition) is 1. The summed E-state index contributed by atoms with van der Waals surface area (Å²) < 4.78 is 11.1. The summed E-state index contributed by atoms with van der Waals surface area (Å²) in [4.78, 5) is 4.58. The molecular formula is C21H23N3O2S. The van der Waals surface area contributed by atoms with Crippen LogP contribution in [0, 0.1) is 5.92 Å². The molecule has 0 amide bonds. The van der Waals surface area contributed by atoms with Crippen molar-refractivity contribution >= 4 is 22.7 Å². The first-order valence-corrected chi connectivity index (χ1v) is 9.64. The quantitative estimate of drug-likeness (QED) is 0.425. The minimum atomic E-state index is 0.471. The zero-order chi connectivity index (χ0) is 19.1. The van der Waals surface area contributed by atoms with E-state index in [2.05, 4.69) is 29.4 Å². The molecule has 1 heterocycles. The standard InChI is InChI=1S/C21H23N3O2S/c1-15(2)13-26-20-10-5-4-7-17(20)12-22-24-21-23-19(14-27-21)16-8-6-9-18(11-16)25-3/h4-12,14-15H,13H2,1-3H3,(H,23,24)/b22-12-. The van der Waals surface area contributed by atoms with Gasteiger partial charge in [-0.15, -0.1) is 11.3 Å². The molecule has 3 rings (SSSR count). The zero-order valence-corrected chi connectivity index (χ0v) is 16.5. The Hall–Kier alpha value is -2.86. The van der Waals surface area contributed by atoms with Crippen LogP contribution in [0.3, 0.4) is 0 Å². The zero-order valence-electron chi connectivity index (χ0n) is 15.7. The van der Waals surface area contributed by atoms with Gasteiger partial charge < -0.3 is 9.47 Å². The SMILES string of the molecule is COc1cccc(-c2csc(N/N=C\c3ccccc3OCC(C)C)n2)c1. The lowest BCUT2D eigenvalue weighted by Crippen LogP contribution is -2.06. The molecular weight excluding hydrogens is 358 g/mol. The third-order valence-electron chi connectivity index (χ3n) is 3.72. The number of benzene rings is 2. The Kier molecular flexibility index (Phi) is 6.44. The number of methoxy groups -OCH3 is 1. The lowest BCUT2D eigenvalue weighted by atomic mass is 10.2. The first kappa shape index (κ1) is 18.9. The molecule has 140 valence electrons. The second kappa shape index (κ2) is 9.19. The molecule has 0 aliphatic carbocycles. The second-order valence-corrected chi connectivity index (χ2v) is 7.24. The molecule has 0 unspecified atom stereocenters. The molecule has 2 aromatic carbocycles. The van der Waals surface area contributed by atoms with Crippen LogP contribution < -0.4 is 14.9 Å². The monoisotopic (exact) mass is 381 g/mol. The van der Waals surface area contributed by atoms with Gasteiger partial charge in [-0.1, -0.05) is 38.1 Å². The predicted octanol–water partition coefficient (Wildman–Crippen LogP) is 5.30. The van der Waals surface area contributed by atoms with E-state index >= 15 is 0 Å². The van der Waals surface area contributed by atoms with Crippen LogP contribution in [-0.4, -0.2) is 24.9 Å². The first-order valence-electron chi connectivity index (χ1n) is 8.76. The van der Waals surface area contributed by atoms with E-state index in [4.69, 9.17) is 9.47 Å². The molecule has 5 nitrogen and oxygen atoms in total. The molecule has 0 spiro atoms. The minimum absolute atomic E-state index is 0.471. The van der Waals surface area contributed by atoms with Gasteiger partial charge >= 0.3 is 0 Å². The molecule has 27 heavy (non-hydrogen) atoms. The topological polar surface area (TPSA) is 55.7 Å². The molecule has 0 aliphatic heterocycles. The fraction of sp³-hybridized carbons (Fsp3) is 0.238. The van der Waals surface area contributed by atoms with E-state index in [1.165, 1.54) is 11.3 Å². The molecule has 0 bridgehead atoms. The van der Waals surface area contributed by atoms with Crippen LogP contribution in [0.1, 0.15) is 19.4 Å². The van der Waals surface area contributed by atoms with E-state index < -0.39 is 0 Å². The van der Waals surface area contributed by atoms with Gasteiger partial charge in [0.15, 0.2) is 0 Å². The number of hydrazone groups is 1. The van der Waals surface area contributed by atoms with Gasteiger partial charge in [0.1, 0.15) is 11.5 Å². The Morgan fingerprint density at radius 1 is 1.19 bits per heavy atom. The van der Waals surface area contributed by atoms with Crippen molar-refractivity contribution < 1.29 is 9.47 Å². The van der Waals surface area contributed by atoms with Gasteiger partial charge in [-0.05, 0) is 30.2 Å². The number of thiazole rings is 1. The number of rotatable bonds is 8. The molecule has 3 aromatic rings. The molecule has 0 saturated carbocycles. The fourth-order valence-corrected chi connectivity index (χ4v) is 3.04. The van der Waals surface area contributed by atoms with Crippen molar-refractivity contribution in [2.45, 2.75) is 13.8 Å². The van der Waals surface area contributed by atoms with Gasteiger partial charge in [0.25, 0.3) is 0 Å². The molecule has 0 atom stereocenters. The van der Waals surface area contributed by atoms with Crippen LogP contribution in [0.5, 0.6) is 11.5 Å². The second-order valence-electron chi connectivity index (χ2n) is 6.38. The molecule has 0 aliphatic rings. The highest BCUT2D eigenvalue weighted by atomic mass is 32.1. The lowest BCUT2D eigenvalue weighted by molar-refractivity contribution is 0.271. The Balaban J connectivity index is 1.66. The smallest absolute Gasteiger partial charge is 0.203 e. The van der Waals surface area contributed by atoms with E-state index in [9.17, 15) is 0 Å². The summed E-state index contributed by atoms with van der Waals surface area (Å²) in [6, 6.07) is 15.7. The van der Waals surface area contributed by atoms with Gasteiger partial charge in [-0.2, -0.15) is 5.10 Å². The van der Waals surface area contributed by atoms with Gasteiger partial charge in [-0.25, -0.2) is 4.98 Å². The molecule has 0 radical (unpaired) electrons. The van der Waals surface area contributed by atoms with Crippen LogP contribution in [0.4, 0.5) is 5.13 Å². The average Bonchev–Trinajstić information content (AvgIpc) is 3.16. The molecule has 6 heteroatoms. The van der Waals surface area contributed by atoms with Crippen LogP contribution in [0.2, 0.25) is 0 Å². The molecule has 1 N–H and O–H groups in total. The lowest BCUT2D eigenvalue weighted by Gasteiger charge is -2.10. The van der Waals surface area contributed by atoms with Crippen LogP contribution in [0.25, 0.3) is 11.3 Å². The summed E-state index contributed by atoms with van der Waals surface area (Å²) in [7, 11) is 1.66. The average molecular weight is 382 g/mol. The van der Waals surface area contributed by atoms with Crippen molar-refractivity contribution in [1.29, 1.82) is 0 Å². The highest BCUT2D eigenvalue weighted by Crippen LogP contribution is 2.27. The Morgan fingerprint density at radius 3 is 2.85 bits per heavy atom. The predicted molar refractivity (Wildman–Crippen MR) is 112 cm³/mol. The summed E-state index contributed by atoms with van der Waals surface area (Å²) >= 11 is 1.50. The van der Waals surface area contributed by atoms with Crippen LogP contribution in [-0.2, 0) is 0 Å². The van der Waals surface area contributed by atoms with E-state index in [-0.39, 0.29) is 0 Å². The summed E-state index contributed by atoms with van der Waals surface area (Å²) in [5.74, 6) is 2.11. The maximum absolute atomic E-state index is 5.84. The fourth-order valence-electron chi connectivity index (χ4n) is 2.37. The number of ether oxygens (including phenoxy) is 2. The van der Waals surface area contributed by atoms with Crippen molar-refractivity contribution in [3.8, 4) is 22.8 Å². The summed E-state index contributed by atoms with van der Waals surface area (Å²) in [6.07, 6.45) is 1.75. The maximum atomic E-state index is 5.84. The van der Waals surface area contributed by atoms with Crippen molar-refractivity contribution in [2.24, 2.45) is 11.0 Å². The van der Waals surface area contributed by atoms with E-state index in [0.29, 0.717) is 12.5 Å². The molecule has 1 aromatic heterocycles. The number of nitrogens with zero attached hydrogens (tertiary/aromatic N) is 2. The summed E-state index contributed by atoms with van der Waals surface area (Å²) in [5.41, 5.74) is 5.82. The van der Waals surface area contributed by atoms with Crippen molar-refractivity contribution in [1.82, 2.24) is 4.98 Å². The van der Waals surface area contributed by atoms with E-state index in [0.717, 1.165) is 33.5 Å². The molecule has 0 fully saturated rings. The van der Waals surface area contributed by atoms with Gasteiger partial charge in [-0.3, -0.25) is 5.43 Å². The van der Waals surface area contributed by atoms with Crippen molar-refractivity contribution in [3.63, 3.8) is 0 Å². The van der Waals surface area contributed by atoms with Crippen LogP contribution in [0.15, 0.2) is 59.0 Å². The number of para-hydroxylation sites is 1. The molecule has 0 saturated heterocycles. The minimum Gasteiger partial charge on any atom is -0.497 e. The first-order chi connectivity index (χ1) is 13.2. The van der Waals surface area contributed by atoms with Crippen LogP contribution >= 0.6 is 11.3 Å². The summed E-state index contributed by atoms with van der Waals surface area (Å²) in [5, 5.41) is 7.03. The maximum Gasteiger partial charge on any atom is 0.203 e. The van der Waals surface area contributed by atoms with Gasteiger partial charge in [0.05, 0.1) is 25.6 Å². The van der Waals surface area contributed by atoms with E-state index in [1.54, 1.807) is 13.3 Å². The number of aromatic nitrogens is 1. The largest absolute Gasteiger partial charge is 0.497 e. The Labute approximate surface area is 163 Å². The van der Waals surface area contributed by atoms with Gasteiger partial charge in [0, 0.05) is 16.5 Å². The number of hydrogen-bond acceptors (Lipinski definition) is 6. The third kappa shape index (κ3) is 5.31. The highest BCUT2D eigenvalue weighted by Gasteiger charge is 2.06.